The van der Waals surface area contributed by atoms with Crippen molar-refractivity contribution in [2.45, 2.75) is 19.0 Å². The Morgan fingerprint density at radius 2 is 2.00 bits per heavy atom. The fourth-order valence-corrected chi connectivity index (χ4v) is 1.46. The van der Waals surface area contributed by atoms with Gasteiger partial charge < -0.3 is 0 Å². The molecule has 0 heterocycles. The highest BCUT2D eigenvalue weighted by molar-refractivity contribution is 9.10. The van der Waals surface area contributed by atoms with E-state index in [9.17, 15) is 18.0 Å². The highest BCUT2D eigenvalue weighted by Gasteiger charge is 2.28. The average Bonchev–Trinajstić information content (AvgIpc) is 2.13. The summed E-state index contributed by atoms with van der Waals surface area (Å²) in [6.45, 7) is 0. The zero-order valence-corrected chi connectivity index (χ0v) is 9.23. The molecule has 0 atom stereocenters. The monoisotopic (exact) mass is 280 g/mol. The van der Waals surface area contributed by atoms with Gasteiger partial charge in [0.2, 0.25) is 0 Å². The molecule has 82 valence electrons. The van der Waals surface area contributed by atoms with Crippen LogP contribution < -0.4 is 0 Å². The van der Waals surface area contributed by atoms with Crippen LogP contribution in [0.2, 0.25) is 0 Å². The van der Waals surface area contributed by atoms with E-state index in [1.165, 1.54) is 12.1 Å². The quantitative estimate of drug-likeness (QED) is 0.766. The van der Waals surface area contributed by atoms with Crippen molar-refractivity contribution < 1.29 is 18.0 Å². The van der Waals surface area contributed by atoms with Crippen molar-refractivity contribution in [2.75, 3.05) is 0 Å². The van der Waals surface area contributed by atoms with Crippen LogP contribution in [-0.2, 0) is 0 Å². The molecule has 15 heavy (non-hydrogen) atoms. The van der Waals surface area contributed by atoms with Gasteiger partial charge in [0, 0.05) is 16.5 Å². The molecular weight excluding hydrogens is 273 g/mol. The van der Waals surface area contributed by atoms with Crippen molar-refractivity contribution in [2.24, 2.45) is 0 Å². The second-order valence-electron chi connectivity index (χ2n) is 3.05. The first kappa shape index (κ1) is 12.2. The lowest BCUT2D eigenvalue weighted by Gasteiger charge is -2.05. The van der Waals surface area contributed by atoms with Crippen LogP contribution in [0.1, 0.15) is 23.2 Å². The summed E-state index contributed by atoms with van der Waals surface area (Å²) in [7, 11) is 0. The van der Waals surface area contributed by atoms with Crippen molar-refractivity contribution in [3.05, 3.63) is 34.3 Å². The molecule has 1 rings (SSSR count). The van der Waals surface area contributed by atoms with E-state index in [-0.39, 0.29) is 0 Å². The van der Waals surface area contributed by atoms with Crippen molar-refractivity contribution in [1.82, 2.24) is 0 Å². The Morgan fingerprint density at radius 1 is 1.33 bits per heavy atom. The van der Waals surface area contributed by atoms with E-state index in [1.54, 1.807) is 12.1 Å². The minimum Gasteiger partial charge on any atom is -0.294 e. The van der Waals surface area contributed by atoms with Gasteiger partial charge in [-0.1, -0.05) is 28.1 Å². The van der Waals surface area contributed by atoms with E-state index in [1.807, 2.05) is 0 Å². The zero-order chi connectivity index (χ0) is 11.5. The van der Waals surface area contributed by atoms with Crippen LogP contribution >= 0.6 is 15.9 Å². The SMILES string of the molecule is O=C(CCC(F)(F)F)c1cccc(Br)c1. The number of rotatable bonds is 3. The summed E-state index contributed by atoms with van der Waals surface area (Å²) in [4.78, 5) is 11.3. The van der Waals surface area contributed by atoms with Gasteiger partial charge in [-0.25, -0.2) is 0 Å². The van der Waals surface area contributed by atoms with E-state index in [4.69, 9.17) is 0 Å². The minimum absolute atomic E-state index is 0.300. The molecule has 0 aromatic heterocycles. The first-order valence-corrected chi connectivity index (χ1v) is 5.03. The summed E-state index contributed by atoms with van der Waals surface area (Å²) >= 11 is 3.15. The summed E-state index contributed by atoms with van der Waals surface area (Å²) in [6.07, 6.45) is -5.85. The van der Waals surface area contributed by atoms with Crippen LogP contribution in [0.4, 0.5) is 13.2 Å². The third-order valence-corrected chi connectivity index (χ3v) is 2.28. The summed E-state index contributed by atoms with van der Waals surface area (Å²) in [5.74, 6) is -0.492. The fourth-order valence-electron chi connectivity index (χ4n) is 1.06. The standard InChI is InChI=1S/C10H8BrF3O/c11-8-3-1-2-7(6-8)9(15)4-5-10(12,13)14/h1-3,6H,4-5H2. The van der Waals surface area contributed by atoms with E-state index >= 15 is 0 Å². The van der Waals surface area contributed by atoms with Gasteiger partial charge in [0.1, 0.15) is 0 Å². The minimum atomic E-state index is -4.28. The number of Topliss-reactive ketones (excluding diaryl/α,β-unsaturated/α-hetero) is 1. The number of ketones is 1. The summed E-state index contributed by atoms with van der Waals surface area (Å²) in [5, 5.41) is 0. The molecule has 0 unspecified atom stereocenters. The Labute approximate surface area is 93.4 Å². The largest absolute Gasteiger partial charge is 0.389 e. The lowest BCUT2D eigenvalue weighted by Crippen LogP contribution is -2.10. The maximum Gasteiger partial charge on any atom is 0.389 e. The van der Waals surface area contributed by atoms with Crippen molar-refractivity contribution in [3.8, 4) is 0 Å². The number of alkyl halides is 3. The Morgan fingerprint density at radius 3 is 2.53 bits per heavy atom. The lowest BCUT2D eigenvalue weighted by molar-refractivity contribution is -0.133. The van der Waals surface area contributed by atoms with Crippen LogP contribution in [0.5, 0.6) is 0 Å². The van der Waals surface area contributed by atoms with Crippen LogP contribution in [0.15, 0.2) is 28.7 Å². The molecule has 1 aromatic carbocycles. The Balaban J connectivity index is 2.62. The predicted octanol–water partition coefficient (Wildman–Crippen LogP) is 3.97. The van der Waals surface area contributed by atoms with Gasteiger partial charge in [0.15, 0.2) is 5.78 Å². The molecule has 0 saturated carbocycles. The molecule has 0 aliphatic carbocycles. The van der Waals surface area contributed by atoms with Gasteiger partial charge in [0.25, 0.3) is 0 Å². The maximum absolute atomic E-state index is 11.8. The Bertz CT molecular complexity index is 360. The number of hydrogen-bond donors (Lipinski definition) is 0. The smallest absolute Gasteiger partial charge is 0.294 e. The first-order chi connectivity index (χ1) is 6.88. The molecule has 1 nitrogen and oxygen atoms in total. The van der Waals surface area contributed by atoms with Gasteiger partial charge in [-0.05, 0) is 12.1 Å². The van der Waals surface area contributed by atoms with Crippen molar-refractivity contribution in [1.29, 1.82) is 0 Å². The summed E-state index contributed by atoms with van der Waals surface area (Å²) in [5.41, 5.74) is 0.300. The molecule has 0 amide bonds. The summed E-state index contributed by atoms with van der Waals surface area (Å²) in [6, 6.07) is 6.34. The summed E-state index contributed by atoms with van der Waals surface area (Å²) < 4.78 is 36.2. The second-order valence-corrected chi connectivity index (χ2v) is 3.96. The Hall–Kier alpha value is -0.840. The van der Waals surface area contributed by atoms with Crippen LogP contribution in [-0.4, -0.2) is 12.0 Å². The van der Waals surface area contributed by atoms with Crippen molar-refractivity contribution in [3.63, 3.8) is 0 Å². The molecule has 0 aliphatic rings. The van der Waals surface area contributed by atoms with Crippen LogP contribution in [0.25, 0.3) is 0 Å². The topological polar surface area (TPSA) is 17.1 Å². The van der Waals surface area contributed by atoms with Gasteiger partial charge >= 0.3 is 6.18 Å². The predicted molar refractivity (Wildman–Crippen MR) is 53.8 cm³/mol. The van der Waals surface area contributed by atoms with Crippen LogP contribution in [0.3, 0.4) is 0 Å². The fraction of sp³-hybridized carbons (Fsp3) is 0.300. The first-order valence-electron chi connectivity index (χ1n) is 4.24. The van der Waals surface area contributed by atoms with Crippen LogP contribution in [0, 0.1) is 0 Å². The maximum atomic E-state index is 11.8. The number of carbonyl (C=O) groups is 1. The third-order valence-electron chi connectivity index (χ3n) is 1.78. The third kappa shape index (κ3) is 4.46. The van der Waals surface area contributed by atoms with Gasteiger partial charge in [0.05, 0.1) is 6.42 Å². The molecule has 0 spiro atoms. The number of hydrogen-bond acceptors (Lipinski definition) is 1. The number of benzene rings is 1. The molecule has 0 fully saturated rings. The number of halogens is 4. The Kier molecular flexibility index (Phi) is 3.90. The molecule has 0 radical (unpaired) electrons. The lowest BCUT2D eigenvalue weighted by atomic mass is 10.1. The van der Waals surface area contributed by atoms with Gasteiger partial charge in [-0.2, -0.15) is 13.2 Å². The highest BCUT2D eigenvalue weighted by atomic mass is 79.9. The van der Waals surface area contributed by atoms with E-state index in [0.717, 1.165) is 0 Å². The molecule has 1 aromatic rings. The number of carbonyl (C=O) groups excluding carboxylic acids is 1. The molecule has 0 saturated heterocycles. The second kappa shape index (κ2) is 4.79. The van der Waals surface area contributed by atoms with E-state index < -0.39 is 24.8 Å². The average molecular weight is 281 g/mol. The van der Waals surface area contributed by atoms with Gasteiger partial charge in [-0.3, -0.25) is 4.79 Å². The van der Waals surface area contributed by atoms with E-state index in [0.29, 0.717) is 10.0 Å². The molecule has 0 N–H and O–H groups in total. The van der Waals surface area contributed by atoms with Crippen molar-refractivity contribution >= 4 is 21.7 Å². The molecule has 0 aliphatic heterocycles. The van der Waals surface area contributed by atoms with E-state index in [2.05, 4.69) is 15.9 Å². The van der Waals surface area contributed by atoms with Gasteiger partial charge in [-0.15, -0.1) is 0 Å². The molecular formula is C10H8BrF3O. The highest BCUT2D eigenvalue weighted by Crippen LogP contribution is 2.23. The molecule has 0 bridgehead atoms. The molecule has 5 heteroatoms. The zero-order valence-electron chi connectivity index (χ0n) is 7.64. The normalized spacial score (nSPS) is 11.5.